The zero-order valence-corrected chi connectivity index (χ0v) is 14.5. The van der Waals surface area contributed by atoms with Gasteiger partial charge in [0.05, 0.1) is 6.04 Å². The van der Waals surface area contributed by atoms with Gasteiger partial charge in [-0.05, 0) is 48.4 Å². The third-order valence-corrected chi connectivity index (χ3v) is 4.72. The highest BCUT2D eigenvalue weighted by atomic mass is 79.9. The summed E-state index contributed by atoms with van der Waals surface area (Å²) < 4.78 is 1.10. The molecule has 0 spiro atoms. The van der Waals surface area contributed by atoms with Crippen LogP contribution in [0.15, 0.2) is 40.9 Å². The Labute approximate surface area is 138 Å². The van der Waals surface area contributed by atoms with Crippen molar-refractivity contribution < 1.29 is 0 Å². The molecule has 0 aliphatic heterocycles. The number of halogens is 3. The molecule has 1 nitrogen and oxygen atoms in total. The lowest BCUT2D eigenvalue weighted by atomic mass is 9.95. The fraction of sp³-hybridized carbons (Fsp3) is 0.250. The minimum atomic E-state index is 0.0577. The Hall–Kier alpha value is -0.540. The summed E-state index contributed by atoms with van der Waals surface area (Å²) in [5, 5.41) is 4.83. The first-order valence-corrected chi connectivity index (χ1v) is 8.02. The van der Waals surface area contributed by atoms with Crippen molar-refractivity contribution in [2.75, 3.05) is 6.54 Å². The number of nitrogens with one attached hydrogen (secondary N) is 1. The third kappa shape index (κ3) is 3.37. The molecule has 2 rings (SSSR count). The van der Waals surface area contributed by atoms with Gasteiger partial charge < -0.3 is 5.32 Å². The van der Waals surface area contributed by atoms with Crippen molar-refractivity contribution >= 4 is 39.1 Å². The lowest BCUT2D eigenvalue weighted by Crippen LogP contribution is -2.23. The first-order valence-electron chi connectivity index (χ1n) is 6.48. The summed E-state index contributed by atoms with van der Waals surface area (Å²) in [7, 11) is 0. The van der Waals surface area contributed by atoms with Crippen LogP contribution in [-0.2, 0) is 0 Å². The molecule has 0 radical (unpaired) electrons. The van der Waals surface area contributed by atoms with Gasteiger partial charge in [-0.3, -0.25) is 0 Å². The highest BCUT2D eigenvalue weighted by Crippen LogP contribution is 2.33. The number of rotatable bonds is 4. The fourth-order valence-corrected chi connectivity index (χ4v) is 3.16. The average molecular weight is 373 g/mol. The van der Waals surface area contributed by atoms with Gasteiger partial charge in [0.25, 0.3) is 0 Å². The minimum Gasteiger partial charge on any atom is -0.306 e. The fourth-order valence-electron chi connectivity index (χ4n) is 2.26. The van der Waals surface area contributed by atoms with E-state index in [9.17, 15) is 0 Å². The molecular formula is C16H16BrCl2N. The second-order valence-electron chi connectivity index (χ2n) is 4.61. The van der Waals surface area contributed by atoms with Gasteiger partial charge in [-0.1, -0.05) is 64.3 Å². The third-order valence-electron chi connectivity index (χ3n) is 3.30. The van der Waals surface area contributed by atoms with E-state index < -0.39 is 0 Å². The first-order chi connectivity index (χ1) is 9.54. The Morgan fingerprint density at radius 1 is 1.15 bits per heavy atom. The van der Waals surface area contributed by atoms with E-state index >= 15 is 0 Å². The SMILES string of the molecule is CCNC(c1ccc(Cl)cc1Cl)c1cccc(Br)c1C. The van der Waals surface area contributed by atoms with Crippen LogP contribution in [0.3, 0.4) is 0 Å². The van der Waals surface area contributed by atoms with Crippen LogP contribution in [0.5, 0.6) is 0 Å². The molecule has 0 aliphatic carbocycles. The topological polar surface area (TPSA) is 12.0 Å². The predicted octanol–water partition coefficient (Wildman–Crippen LogP) is 5.76. The Morgan fingerprint density at radius 3 is 2.55 bits per heavy atom. The first kappa shape index (κ1) is 15.8. The highest BCUT2D eigenvalue weighted by Gasteiger charge is 2.18. The smallest absolute Gasteiger partial charge is 0.0594 e. The molecule has 4 heteroatoms. The van der Waals surface area contributed by atoms with Crippen molar-refractivity contribution in [1.29, 1.82) is 0 Å². The lowest BCUT2D eigenvalue weighted by molar-refractivity contribution is 0.627. The van der Waals surface area contributed by atoms with E-state index in [0.717, 1.165) is 16.6 Å². The Morgan fingerprint density at radius 2 is 1.90 bits per heavy atom. The highest BCUT2D eigenvalue weighted by molar-refractivity contribution is 9.10. The second kappa shape index (κ2) is 6.95. The molecule has 0 aliphatic rings. The van der Waals surface area contributed by atoms with Crippen LogP contribution in [0, 0.1) is 6.92 Å². The summed E-state index contributed by atoms with van der Waals surface area (Å²) in [5.41, 5.74) is 3.47. The summed E-state index contributed by atoms with van der Waals surface area (Å²) in [6.07, 6.45) is 0. The number of hydrogen-bond acceptors (Lipinski definition) is 1. The normalized spacial score (nSPS) is 12.4. The van der Waals surface area contributed by atoms with Crippen LogP contribution in [-0.4, -0.2) is 6.54 Å². The molecule has 20 heavy (non-hydrogen) atoms. The van der Waals surface area contributed by atoms with Gasteiger partial charge in [-0.25, -0.2) is 0 Å². The van der Waals surface area contributed by atoms with Crippen molar-refractivity contribution in [3.05, 3.63) is 67.6 Å². The molecule has 0 saturated heterocycles. The van der Waals surface area contributed by atoms with Crippen LogP contribution in [0.1, 0.15) is 29.7 Å². The van der Waals surface area contributed by atoms with E-state index in [-0.39, 0.29) is 6.04 Å². The Bertz CT molecular complexity index is 613. The summed E-state index contributed by atoms with van der Waals surface area (Å²) in [6, 6.07) is 11.9. The molecule has 1 N–H and O–H groups in total. The molecule has 1 unspecified atom stereocenters. The maximum absolute atomic E-state index is 6.37. The van der Waals surface area contributed by atoms with Gasteiger partial charge in [0, 0.05) is 14.5 Å². The number of benzene rings is 2. The molecule has 2 aromatic carbocycles. The van der Waals surface area contributed by atoms with Crippen molar-refractivity contribution in [2.45, 2.75) is 19.9 Å². The predicted molar refractivity (Wildman–Crippen MR) is 90.9 cm³/mol. The standard InChI is InChI=1S/C16H16BrCl2N/c1-3-20-16(12-5-4-6-14(17)10(12)2)13-8-7-11(18)9-15(13)19/h4-9,16,20H,3H2,1-2H3. The lowest BCUT2D eigenvalue weighted by Gasteiger charge is -2.22. The molecule has 0 fully saturated rings. The van der Waals surface area contributed by atoms with E-state index in [0.29, 0.717) is 10.0 Å². The van der Waals surface area contributed by atoms with E-state index in [4.69, 9.17) is 23.2 Å². The zero-order chi connectivity index (χ0) is 14.7. The van der Waals surface area contributed by atoms with Crippen LogP contribution < -0.4 is 5.32 Å². The summed E-state index contributed by atoms with van der Waals surface area (Å²) in [6.45, 7) is 5.05. The van der Waals surface area contributed by atoms with Crippen LogP contribution in [0.4, 0.5) is 0 Å². The summed E-state index contributed by atoms with van der Waals surface area (Å²) in [4.78, 5) is 0. The van der Waals surface area contributed by atoms with Gasteiger partial charge in [-0.2, -0.15) is 0 Å². The molecule has 0 heterocycles. The van der Waals surface area contributed by atoms with Gasteiger partial charge in [0.1, 0.15) is 0 Å². The van der Waals surface area contributed by atoms with Crippen LogP contribution in [0.2, 0.25) is 10.0 Å². The van der Waals surface area contributed by atoms with Crippen molar-refractivity contribution in [3.8, 4) is 0 Å². The van der Waals surface area contributed by atoms with Gasteiger partial charge in [0.15, 0.2) is 0 Å². The molecule has 2 aromatic rings. The van der Waals surface area contributed by atoms with Crippen molar-refractivity contribution in [3.63, 3.8) is 0 Å². The molecule has 0 bridgehead atoms. The molecule has 0 amide bonds. The zero-order valence-electron chi connectivity index (χ0n) is 11.4. The Balaban J connectivity index is 2.53. The minimum absolute atomic E-state index is 0.0577. The summed E-state index contributed by atoms with van der Waals surface area (Å²) in [5.74, 6) is 0. The van der Waals surface area contributed by atoms with Crippen LogP contribution >= 0.6 is 39.1 Å². The maximum Gasteiger partial charge on any atom is 0.0594 e. The number of hydrogen-bond donors (Lipinski definition) is 1. The van der Waals surface area contributed by atoms with Crippen molar-refractivity contribution in [1.82, 2.24) is 5.32 Å². The van der Waals surface area contributed by atoms with E-state index in [2.05, 4.69) is 41.2 Å². The molecule has 0 saturated carbocycles. The molecular weight excluding hydrogens is 357 g/mol. The second-order valence-corrected chi connectivity index (χ2v) is 6.31. The van der Waals surface area contributed by atoms with E-state index in [1.165, 1.54) is 11.1 Å². The molecule has 1 atom stereocenters. The van der Waals surface area contributed by atoms with Crippen LogP contribution in [0.25, 0.3) is 0 Å². The van der Waals surface area contributed by atoms with Gasteiger partial charge in [0.2, 0.25) is 0 Å². The van der Waals surface area contributed by atoms with Crippen molar-refractivity contribution in [2.24, 2.45) is 0 Å². The molecule has 106 valence electrons. The van der Waals surface area contributed by atoms with Gasteiger partial charge >= 0.3 is 0 Å². The molecule has 0 aromatic heterocycles. The monoisotopic (exact) mass is 371 g/mol. The quantitative estimate of drug-likeness (QED) is 0.718. The largest absolute Gasteiger partial charge is 0.306 e. The van der Waals surface area contributed by atoms with E-state index in [1.807, 2.05) is 24.3 Å². The Kier molecular flexibility index (Phi) is 5.50. The average Bonchev–Trinajstić information content (AvgIpc) is 2.40. The van der Waals surface area contributed by atoms with E-state index in [1.54, 1.807) is 6.07 Å². The van der Waals surface area contributed by atoms with Gasteiger partial charge in [-0.15, -0.1) is 0 Å². The maximum atomic E-state index is 6.37. The summed E-state index contributed by atoms with van der Waals surface area (Å²) >= 11 is 15.9.